The molecule has 20 heavy (non-hydrogen) atoms. The Hall–Kier alpha value is -1.84. The van der Waals surface area contributed by atoms with E-state index in [0.29, 0.717) is 0 Å². The van der Waals surface area contributed by atoms with E-state index in [1.165, 1.54) is 11.1 Å². The van der Waals surface area contributed by atoms with Crippen LogP contribution in [0.2, 0.25) is 0 Å². The van der Waals surface area contributed by atoms with Gasteiger partial charge in [0, 0.05) is 6.04 Å². The average Bonchev–Trinajstić information content (AvgIpc) is 2.49. The van der Waals surface area contributed by atoms with Crippen molar-refractivity contribution in [2.75, 3.05) is 7.11 Å². The number of hydrogen-bond acceptors (Lipinski definition) is 3. The number of rotatable bonds is 6. The number of hydrogen-bond donors (Lipinski definition) is 2. The SMILES string of the molecule is COc1ccc(C(CCc2ccccc2)NN)cc1C. The van der Waals surface area contributed by atoms with Crippen molar-refractivity contribution in [2.24, 2.45) is 5.84 Å². The zero-order chi connectivity index (χ0) is 14.4. The summed E-state index contributed by atoms with van der Waals surface area (Å²) in [6.07, 6.45) is 1.97. The van der Waals surface area contributed by atoms with Gasteiger partial charge in [0.1, 0.15) is 5.75 Å². The number of methoxy groups -OCH3 is 1. The molecule has 2 aromatic rings. The lowest BCUT2D eigenvalue weighted by molar-refractivity contribution is 0.411. The minimum atomic E-state index is 0.153. The van der Waals surface area contributed by atoms with Crippen LogP contribution >= 0.6 is 0 Å². The van der Waals surface area contributed by atoms with E-state index in [0.717, 1.165) is 24.2 Å². The first-order valence-corrected chi connectivity index (χ1v) is 6.89. The van der Waals surface area contributed by atoms with Crippen LogP contribution in [0.4, 0.5) is 0 Å². The summed E-state index contributed by atoms with van der Waals surface area (Å²) in [6, 6.07) is 16.8. The molecule has 1 atom stereocenters. The summed E-state index contributed by atoms with van der Waals surface area (Å²) in [5.74, 6) is 6.62. The van der Waals surface area contributed by atoms with Crippen LogP contribution in [0.15, 0.2) is 48.5 Å². The minimum Gasteiger partial charge on any atom is -0.496 e. The van der Waals surface area contributed by atoms with Gasteiger partial charge in [-0.1, -0.05) is 42.5 Å². The van der Waals surface area contributed by atoms with Gasteiger partial charge in [0.2, 0.25) is 0 Å². The topological polar surface area (TPSA) is 47.3 Å². The van der Waals surface area contributed by atoms with Crippen molar-refractivity contribution in [3.8, 4) is 5.75 Å². The van der Waals surface area contributed by atoms with Crippen molar-refractivity contribution in [3.63, 3.8) is 0 Å². The van der Waals surface area contributed by atoms with E-state index in [9.17, 15) is 0 Å². The summed E-state index contributed by atoms with van der Waals surface area (Å²) in [4.78, 5) is 0. The first kappa shape index (κ1) is 14.6. The number of benzene rings is 2. The Morgan fingerprint density at radius 2 is 1.90 bits per heavy atom. The number of aryl methyl sites for hydroxylation is 2. The zero-order valence-electron chi connectivity index (χ0n) is 12.1. The molecule has 0 amide bonds. The van der Waals surface area contributed by atoms with E-state index in [4.69, 9.17) is 10.6 Å². The molecule has 0 radical (unpaired) electrons. The van der Waals surface area contributed by atoms with E-state index in [-0.39, 0.29) is 6.04 Å². The average molecular weight is 270 g/mol. The molecule has 0 bridgehead atoms. The molecule has 1 unspecified atom stereocenters. The number of nitrogens with two attached hydrogens (primary N) is 1. The molecule has 3 nitrogen and oxygen atoms in total. The lowest BCUT2D eigenvalue weighted by atomic mass is 9.98. The van der Waals surface area contributed by atoms with E-state index < -0.39 is 0 Å². The summed E-state index contributed by atoms with van der Waals surface area (Å²) in [7, 11) is 1.69. The van der Waals surface area contributed by atoms with Gasteiger partial charge in [-0.15, -0.1) is 0 Å². The summed E-state index contributed by atoms with van der Waals surface area (Å²) < 4.78 is 5.29. The molecule has 0 heterocycles. The molecule has 0 saturated heterocycles. The highest BCUT2D eigenvalue weighted by Gasteiger charge is 2.11. The van der Waals surface area contributed by atoms with Crippen LogP contribution in [0.5, 0.6) is 5.75 Å². The molecule has 2 aromatic carbocycles. The monoisotopic (exact) mass is 270 g/mol. The Morgan fingerprint density at radius 1 is 1.15 bits per heavy atom. The molecule has 0 aliphatic carbocycles. The van der Waals surface area contributed by atoms with Gasteiger partial charge < -0.3 is 4.74 Å². The molecule has 0 aromatic heterocycles. The van der Waals surface area contributed by atoms with E-state index in [1.54, 1.807) is 7.11 Å². The molecule has 0 spiro atoms. The van der Waals surface area contributed by atoms with Gasteiger partial charge >= 0.3 is 0 Å². The Labute approximate surface area is 120 Å². The smallest absolute Gasteiger partial charge is 0.121 e. The van der Waals surface area contributed by atoms with Gasteiger partial charge in [0.05, 0.1) is 7.11 Å². The molecular formula is C17H22N2O. The van der Waals surface area contributed by atoms with Gasteiger partial charge in [0.15, 0.2) is 0 Å². The predicted octanol–water partition coefficient (Wildman–Crippen LogP) is 3.14. The van der Waals surface area contributed by atoms with Crippen LogP contribution in [0.3, 0.4) is 0 Å². The van der Waals surface area contributed by atoms with Crippen LogP contribution in [0, 0.1) is 6.92 Å². The maximum atomic E-state index is 5.71. The highest BCUT2D eigenvalue weighted by atomic mass is 16.5. The summed E-state index contributed by atoms with van der Waals surface area (Å²) in [6.45, 7) is 2.05. The normalized spacial score (nSPS) is 12.2. The van der Waals surface area contributed by atoms with Crippen molar-refractivity contribution < 1.29 is 4.74 Å². The Kier molecular flexibility index (Phi) is 5.16. The van der Waals surface area contributed by atoms with Crippen LogP contribution in [0.1, 0.15) is 29.2 Å². The van der Waals surface area contributed by atoms with Gasteiger partial charge in [-0.3, -0.25) is 11.3 Å². The number of hydrazine groups is 1. The first-order chi connectivity index (χ1) is 9.74. The molecule has 2 rings (SSSR count). The number of ether oxygens (including phenoxy) is 1. The molecule has 3 heteroatoms. The fraction of sp³-hybridized carbons (Fsp3) is 0.294. The summed E-state index contributed by atoms with van der Waals surface area (Å²) >= 11 is 0. The van der Waals surface area contributed by atoms with Crippen LogP contribution in [0.25, 0.3) is 0 Å². The van der Waals surface area contributed by atoms with Crippen molar-refractivity contribution in [1.82, 2.24) is 5.43 Å². The van der Waals surface area contributed by atoms with Gasteiger partial charge in [-0.25, -0.2) is 0 Å². The highest BCUT2D eigenvalue weighted by molar-refractivity contribution is 5.37. The van der Waals surface area contributed by atoms with Crippen LogP contribution in [-0.2, 0) is 6.42 Å². The summed E-state index contributed by atoms with van der Waals surface area (Å²) in [5, 5.41) is 0. The molecule has 0 aliphatic heterocycles. The van der Waals surface area contributed by atoms with Crippen molar-refractivity contribution >= 4 is 0 Å². The van der Waals surface area contributed by atoms with Crippen LogP contribution < -0.4 is 16.0 Å². The van der Waals surface area contributed by atoms with Gasteiger partial charge in [-0.2, -0.15) is 0 Å². The Morgan fingerprint density at radius 3 is 2.50 bits per heavy atom. The predicted molar refractivity (Wildman–Crippen MR) is 82.6 cm³/mol. The maximum absolute atomic E-state index is 5.71. The third kappa shape index (κ3) is 3.59. The molecule has 0 fully saturated rings. The third-order valence-corrected chi connectivity index (χ3v) is 3.59. The lowest BCUT2D eigenvalue weighted by Crippen LogP contribution is -2.28. The Balaban J connectivity index is 2.06. The fourth-order valence-corrected chi connectivity index (χ4v) is 2.42. The zero-order valence-corrected chi connectivity index (χ0v) is 12.1. The molecule has 0 aliphatic rings. The molecule has 106 valence electrons. The van der Waals surface area contributed by atoms with Gasteiger partial charge in [0.25, 0.3) is 0 Å². The van der Waals surface area contributed by atoms with Crippen LogP contribution in [-0.4, -0.2) is 7.11 Å². The van der Waals surface area contributed by atoms with Gasteiger partial charge in [-0.05, 0) is 42.5 Å². The van der Waals surface area contributed by atoms with Crippen molar-refractivity contribution in [1.29, 1.82) is 0 Å². The lowest BCUT2D eigenvalue weighted by Gasteiger charge is -2.18. The second-order valence-electron chi connectivity index (χ2n) is 4.97. The standard InChI is InChI=1S/C17H22N2O/c1-13-12-15(9-11-17(13)20-2)16(19-18)10-8-14-6-4-3-5-7-14/h3-7,9,11-12,16,19H,8,10,18H2,1-2H3. The second kappa shape index (κ2) is 7.08. The molecular weight excluding hydrogens is 248 g/mol. The quantitative estimate of drug-likeness (QED) is 0.626. The van der Waals surface area contributed by atoms with Crippen molar-refractivity contribution in [3.05, 3.63) is 65.2 Å². The van der Waals surface area contributed by atoms with E-state index >= 15 is 0 Å². The third-order valence-electron chi connectivity index (χ3n) is 3.59. The largest absolute Gasteiger partial charge is 0.496 e. The molecule has 0 saturated carbocycles. The minimum absolute atomic E-state index is 0.153. The van der Waals surface area contributed by atoms with E-state index in [2.05, 4.69) is 41.8 Å². The maximum Gasteiger partial charge on any atom is 0.121 e. The Bertz CT molecular complexity index is 540. The molecule has 3 N–H and O–H groups in total. The highest BCUT2D eigenvalue weighted by Crippen LogP contribution is 2.24. The summed E-state index contributed by atoms with van der Waals surface area (Å²) in [5.41, 5.74) is 6.57. The van der Waals surface area contributed by atoms with E-state index in [1.807, 2.05) is 19.1 Å². The van der Waals surface area contributed by atoms with Crippen molar-refractivity contribution in [2.45, 2.75) is 25.8 Å². The first-order valence-electron chi connectivity index (χ1n) is 6.89. The second-order valence-corrected chi connectivity index (χ2v) is 4.97. The fourth-order valence-electron chi connectivity index (χ4n) is 2.42. The number of nitrogens with one attached hydrogen (secondary N) is 1.